The molecule has 2 rings (SSSR count). The summed E-state index contributed by atoms with van der Waals surface area (Å²) in [5.74, 6) is -0.278. The van der Waals surface area contributed by atoms with E-state index in [2.05, 4.69) is 22.3 Å². The standard InChI is InChI=1S/C19H24N2O2/c1-21(2)13-8-14-23-19(22)17-11-6-7-12-18(17)20-15-16-9-4-3-5-10-16/h3-7,9-12,20H,8,13-15H2,1-2H3. The second-order valence-corrected chi connectivity index (χ2v) is 5.68. The molecule has 122 valence electrons. The van der Waals surface area contributed by atoms with Crippen molar-refractivity contribution in [3.05, 3.63) is 65.7 Å². The number of nitrogens with one attached hydrogen (secondary N) is 1. The van der Waals surface area contributed by atoms with Crippen molar-refractivity contribution in [2.45, 2.75) is 13.0 Å². The average molecular weight is 312 g/mol. The van der Waals surface area contributed by atoms with E-state index in [4.69, 9.17) is 4.74 Å². The summed E-state index contributed by atoms with van der Waals surface area (Å²) in [7, 11) is 4.01. The van der Waals surface area contributed by atoms with Crippen LogP contribution in [0.15, 0.2) is 54.6 Å². The van der Waals surface area contributed by atoms with Gasteiger partial charge in [-0.3, -0.25) is 0 Å². The van der Waals surface area contributed by atoms with Crippen LogP contribution in [-0.4, -0.2) is 38.1 Å². The molecule has 0 saturated carbocycles. The minimum Gasteiger partial charge on any atom is -0.462 e. The molecule has 23 heavy (non-hydrogen) atoms. The SMILES string of the molecule is CN(C)CCCOC(=O)c1ccccc1NCc1ccccc1. The Morgan fingerprint density at radius 1 is 1.04 bits per heavy atom. The molecule has 0 unspecified atom stereocenters. The predicted octanol–water partition coefficient (Wildman–Crippen LogP) is 3.41. The first-order valence-corrected chi connectivity index (χ1v) is 7.85. The Morgan fingerprint density at radius 3 is 2.48 bits per heavy atom. The fraction of sp³-hybridized carbons (Fsp3) is 0.316. The van der Waals surface area contributed by atoms with Gasteiger partial charge in [-0.1, -0.05) is 42.5 Å². The Hall–Kier alpha value is -2.33. The molecule has 0 atom stereocenters. The summed E-state index contributed by atoms with van der Waals surface area (Å²) in [6.45, 7) is 2.01. The lowest BCUT2D eigenvalue weighted by molar-refractivity contribution is 0.0494. The van der Waals surface area contributed by atoms with Crippen molar-refractivity contribution in [2.75, 3.05) is 32.6 Å². The summed E-state index contributed by atoms with van der Waals surface area (Å²) in [6, 6.07) is 17.6. The number of hydrogen-bond donors (Lipinski definition) is 1. The van der Waals surface area contributed by atoms with Crippen LogP contribution in [0.5, 0.6) is 0 Å². The lowest BCUT2D eigenvalue weighted by Crippen LogP contribution is -2.16. The first-order chi connectivity index (χ1) is 11.2. The van der Waals surface area contributed by atoms with E-state index in [0.717, 1.165) is 18.7 Å². The van der Waals surface area contributed by atoms with Crippen LogP contribution in [0.25, 0.3) is 0 Å². The minimum absolute atomic E-state index is 0.278. The highest BCUT2D eigenvalue weighted by Gasteiger charge is 2.12. The molecule has 0 bridgehead atoms. The largest absolute Gasteiger partial charge is 0.462 e. The van der Waals surface area contributed by atoms with E-state index in [-0.39, 0.29) is 5.97 Å². The summed E-state index contributed by atoms with van der Waals surface area (Å²) in [5.41, 5.74) is 2.55. The summed E-state index contributed by atoms with van der Waals surface area (Å²) in [5, 5.41) is 3.31. The van der Waals surface area contributed by atoms with Crippen molar-refractivity contribution in [2.24, 2.45) is 0 Å². The lowest BCUT2D eigenvalue weighted by Gasteiger charge is -2.13. The molecule has 4 heteroatoms. The van der Waals surface area contributed by atoms with E-state index in [0.29, 0.717) is 18.7 Å². The van der Waals surface area contributed by atoms with Crippen LogP contribution in [-0.2, 0) is 11.3 Å². The van der Waals surface area contributed by atoms with Gasteiger partial charge in [-0.2, -0.15) is 0 Å². The third-order valence-electron chi connectivity index (χ3n) is 3.46. The molecular formula is C19H24N2O2. The second-order valence-electron chi connectivity index (χ2n) is 5.68. The quantitative estimate of drug-likeness (QED) is 0.599. The van der Waals surface area contributed by atoms with E-state index in [1.165, 1.54) is 5.56 Å². The number of hydrogen-bond acceptors (Lipinski definition) is 4. The third-order valence-corrected chi connectivity index (χ3v) is 3.46. The van der Waals surface area contributed by atoms with Crippen molar-refractivity contribution >= 4 is 11.7 Å². The normalized spacial score (nSPS) is 10.6. The number of anilines is 1. The van der Waals surface area contributed by atoms with E-state index < -0.39 is 0 Å². The molecule has 2 aromatic carbocycles. The molecular weight excluding hydrogens is 288 g/mol. The van der Waals surface area contributed by atoms with Crippen molar-refractivity contribution in [1.82, 2.24) is 4.90 Å². The van der Waals surface area contributed by atoms with Crippen LogP contribution < -0.4 is 5.32 Å². The maximum absolute atomic E-state index is 12.2. The zero-order valence-corrected chi connectivity index (χ0v) is 13.8. The van der Waals surface area contributed by atoms with Crippen molar-refractivity contribution in [3.63, 3.8) is 0 Å². The zero-order valence-electron chi connectivity index (χ0n) is 13.8. The van der Waals surface area contributed by atoms with Crippen LogP contribution in [0.2, 0.25) is 0 Å². The Morgan fingerprint density at radius 2 is 1.74 bits per heavy atom. The van der Waals surface area contributed by atoms with Crippen LogP contribution >= 0.6 is 0 Å². The first-order valence-electron chi connectivity index (χ1n) is 7.85. The smallest absolute Gasteiger partial charge is 0.340 e. The molecule has 0 aliphatic carbocycles. The van der Waals surface area contributed by atoms with Gasteiger partial charge >= 0.3 is 5.97 Å². The number of benzene rings is 2. The molecule has 0 saturated heterocycles. The van der Waals surface area contributed by atoms with Crippen molar-refractivity contribution in [1.29, 1.82) is 0 Å². The van der Waals surface area contributed by atoms with Gasteiger partial charge < -0.3 is 15.0 Å². The van der Waals surface area contributed by atoms with Gasteiger partial charge in [-0.15, -0.1) is 0 Å². The number of ether oxygens (including phenoxy) is 1. The number of carbonyl (C=O) groups excluding carboxylic acids is 1. The molecule has 0 heterocycles. The molecule has 0 radical (unpaired) electrons. The molecule has 4 nitrogen and oxygen atoms in total. The Balaban J connectivity index is 1.92. The van der Waals surface area contributed by atoms with Gasteiger partial charge in [0.15, 0.2) is 0 Å². The molecule has 1 N–H and O–H groups in total. The van der Waals surface area contributed by atoms with E-state index in [1.807, 2.05) is 50.5 Å². The Kier molecular flexibility index (Phi) is 6.63. The lowest BCUT2D eigenvalue weighted by atomic mass is 10.1. The maximum atomic E-state index is 12.2. The monoisotopic (exact) mass is 312 g/mol. The number of rotatable bonds is 8. The maximum Gasteiger partial charge on any atom is 0.340 e. The van der Waals surface area contributed by atoms with E-state index >= 15 is 0 Å². The molecule has 2 aromatic rings. The molecule has 0 spiro atoms. The zero-order chi connectivity index (χ0) is 16.5. The fourth-order valence-electron chi connectivity index (χ4n) is 2.23. The molecule has 0 aromatic heterocycles. The van der Waals surface area contributed by atoms with Crippen LogP contribution in [0.3, 0.4) is 0 Å². The predicted molar refractivity (Wildman–Crippen MR) is 93.7 cm³/mol. The molecule has 0 aliphatic heterocycles. The van der Waals surface area contributed by atoms with Gasteiger partial charge in [0.25, 0.3) is 0 Å². The average Bonchev–Trinajstić information content (AvgIpc) is 2.58. The molecule has 0 fully saturated rings. The van der Waals surface area contributed by atoms with Crippen LogP contribution in [0, 0.1) is 0 Å². The van der Waals surface area contributed by atoms with Crippen LogP contribution in [0.4, 0.5) is 5.69 Å². The van der Waals surface area contributed by atoms with Crippen molar-refractivity contribution in [3.8, 4) is 0 Å². The minimum atomic E-state index is -0.278. The van der Waals surface area contributed by atoms with Crippen LogP contribution in [0.1, 0.15) is 22.3 Å². The highest BCUT2D eigenvalue weighted by Crippen LogP contribution is 2.17. The summed E-state index contributed by atoms with van der Waals surface area (Å²) in [6.07, 6.45) is 0.832. The second kappa shape index (κ2) is 8.96. The molecule has 0 aliphatic rings. The van der Waals surface area contributed by atoms with E-state index in [1.54, 1.807) is 6.07 Å². The number of para-hydroxylation sites is 1. The van der Waals surface area contributed by atoms with Gasteiger partial charge in [0.1, 0.15) is 0 Å². The van der Waals surface area contributed by atoms with Gasteiger partial charge in [0.2, 0.25) is 0 Å². The van der Waals surface area contributed by atoms with Gasteiger partial charge in [-0.05, 0) is 38.2 Å². The fourth-order valence-corrected chi connectivity index (χ4v) is 2.23. The van der Waals surface area contributed by atoms with Gasteiger partial charge in [0, 0.05) is 18.8 Å². The number of nitrogens with zero attached hydrogens (tertiary/aromatic N) is 1. The highest BCUT2D eigenvalue weighted by atomic mass is 16.5. The Labute approximate surface area is 138 Å². The summed E-state index contributed by atoms with van der Waals surface area (Å²) >= 11 is 0. The van der Waals surface area contributed by atoms with Gasteiger partial charge in [0.05, 0.1) is 12.2 Å². The van der Waals surface area contributed by atoms with Gasteiger partial charge in [-0.25, -0.2) is 4.79 Å². The topological polar surface area (TPSA) is 41.6 Å². The molecule has 0 amide bonds. The first kappa shape index (κ1) is 17.0. The Bertz CT molecular complexity index is 612. The van der Waals surface area contributed by atoms with E-state index in [9.17, 15) is 4.79 Å². The third kappa shape index (κ3) is 5.75. The highest BCUT2D eigenvalue weighted by molar-refractivity contribution is 5.95. The summed E-state index contributed by atoms with van der Waals surface area (Å²) in [4.78, 5) is 14.3. The number of carbonyl (C=O) groups is 1. The number of esters is 1. The van der Waals surface area contributed by atoms with Crippen molar-refractivity contribution < 1.29 is 9.53 Å². The summed E-state index contributed by atoms with van der Waals surface area (Å²) < 4.78 is 5.37.